The highest BCUT2D eigenvalue weighted by Crippen LogP contribution is 2.36. The Morgan fingerprint density at radius 3 is 2.78 bits per heavy atom. The van der Waals surface area contributed by atoms with Crippen molar-refractivity contribution in [3.8, 4) is 0 Å². The molecule has 2 N–H and O–H groups in total. The summed E-state index contributed by atoms with van der Waals surface area (Å²) in [6.07, 6.45) is 2.11. The molecule has 1 atom stereocenters. The van der Waals surface area contributed by atoms with E-state index in [1.54, 1.807) is 11.8 Å². The summed E-state index contributed by atoms with van der Waals surface area (Å²) in [5, 5.41) is 5.35. The first-order valence-corrected chi connectivity index (χ1v) is 9.27. The van der Waals surface area contributed by atoms with Crippen molar-refractivity contribution in [2.75, 3.05) is 16.9 Å². The van der Waals surface area contributed by atoms with E-state index in [9.17, 15) is 9.59 Å². The molecule has 0 aromatic heterocycles. The van der Waals surface area contributed by atoms with Gasteiger partial charge in [-0.05, 0) is 30.5 Å². The van der Waals surface area contributed by atoms with E-state index in [0.29, 0.717) is 0 Å². The Balaban J connectivity index is 1.68. The van der Waals surface area contributed by atoms with Gasteiger partial charge < -0.3 is 10.6 Å². The lowest BCUT2D eigenvalue weighted by atomic mass is 10.2. The lowest BCUT2D eigenvalue weighted by Gasteiger charge is -2.23. The lowest BCUT2D eigenvalue weighted by molar-refractivity contribution is -0.120. The third-order valence-corrected chi connectivity index (χ3v) is 5.53. The number of anilines is 2. The molecular formula is C17H16N2O2S2. The first kappa shape index (κ1) is 16.0. The molecule has 1 heterocycles. The second kappa shape index (κ2) is 7.10. The number of rotatable bonds is 4. The van der Waals surface area contributed by atoms with E-state index in [1.807, 2.05) is 54.8 Å². The van der Waals surface area contributed by atoms with Crippen LogP contribution in [0.5, 0.6) is 0 Å². The Kier molecular flexibility index (Phi) is 4.93. The monoisotopic (exact) mass is 344 g/mol. The van der Waals surface area contributed by atoms with Crippen LogP contribution in [0, 0.1) is 0 Å². The number of thioether (sulfide) groups is 2. The SMILES string of the molecule is CSc1ccccc1NC(=O)C[C@@H]1Sc2ccccc2NC1=O. The van der Waals surface area contributed by atoms with Gasteiger partial charge in [0.15, 0.2) is 0 Å². The highest BCUT2D eigenvalue weighted by molar-refractivity contribution is 8.01. The van der Waals surface area contributed by atoms with Crippen LogP contribution in [0.2, 0.25) is 0 Å². The average Bonchev–Trinajstić information content (AvgIpc) is 2.56. The van der Waals surface area contributed by atoms with Gasteiger partial charge in [-0.15, -0.1) is 23.5 Å². The highest BCUT2D eigenvalue weighted by Gasteiger charge is 2.28. The molecule has 0 bridgehead atoms. The molecule has 2 aromatic carbocycles. The van der Waals surface area contributed by atoms with Crippen molar-refractivity contribution in [1.29, 1.82) is 0 Å². The fraction of sp³-hybridized carbons (Fsp3) is 0.176. The number of nitrogens with one attached hydrogen (secondary N) is 2. The van der Waals surface area contributed by atoms with Gasteiger partial charge in [0.1, 0.15) is 0 Å². The van der Waals surface area contributed by atoms with Crippen LogP contribution >= 0.6 is 23.5 Å². The first-order chi connectivity index (χ1) is 11.2. The Morgan fingerprint density at radius 1 is 1.22 bits per heavy atom. The number of carbonyl (C=O) groups excluding carboxylic acids is 2. The maximum absolute atomic E-state index is 12.3. The summed E-state index contributed by atoms with van der Waals surface area (Å²) in [6, 6.07) is 15.3. The van der Waals surface area contributed by atoms with E-state index in [0.717, 1.165) is 21.2 Å². The predicted molar refractivity (Wildman–Crippen MR) is 96.2 cm³/mol. The largest absolute Gasteiger partial charge is 0.325 e. The minimum absolute atomic E-state index is 0.123. The van der Waals surface area contributed by atoms with E-state index in [2.05, 4.69) is 10.6 Å². The molecule has 6 heteroatoms. The molecule has 1 aliphatic heterocycles. The average molecular weight is 344 g/mol. The van der Waals surface area contributed by atoms with Crippen molar-refractivity contribution in [3.05, 3.63) is 48.5 Å². The van der Waals surface area contributed by atoms with Gasteiger partial charge in [0, 0.05) is 16.2 Å². The Bertz CT molecular complexity index is 749. The maximum atomic E-state index is 12.3. The molecule has 23 heavy (non-hydrogen) atoms. The molecule has 4 nitrogen and oxygen atoms in total. The van der Waals surface area contributed by atoms with Gasteiger partial charge in [0.25, 0.3) is 0 Å². The van der Waals surface area contributed by atoms with Crippen LogP contribution in [-0.4, -0.2) is 23.3 Å². The fourth-order valence-corrected chi connectivity index (χ4v) is 4.01. The molecule has 0 unspecified atom stereocenters. The lowest BCUT2D eigenvalue weighted by Crippen LogP contribution is -2.32. The first-order valence-electron chi connectivity index (χ1n) is 7.17. The van der Waals surface area contributed by atoms with E-state index in [-0.39, 0.29) is 18.2 Å². The molecular weight excluding hydrogens is 328 g/mol. The van der Waals surface area contributed by atoms with Crippen LogP contribution in [0.25, 0.3) is 0 Å². The normalized spacial score (nSPS) is 16.4. The second-order valence-electron chi connectivity index (χ2n) is 5.04. The van der Waals surface area contributed by atoms with Gasteiger partial charge in [-0.25, -0.2) is 0 Å². The van der Waals surface area contributed by atoms with E-state index < -0.39 is 5.25 Å². The summed E-state index contributed by atoms with van der Waals surface area (Å²) < 4.78 is 0. The molecule has 118 valence electrons. The van der Waals surface area contributed by atoms with Crippen molar-refractivity contribution in [3.63, 3.8) is 0 Å². The minimum Gasteiger partial charge on any atom is -0.325 e. The van der Waals surface area contributed by atoms with Crippen molar-refractivity contribution in [2.45, 2.75) is 21.5 Å². The van der Waals surface area contributed by atoms with Gasteiger partial charge in [0.2, 0.25) is 11.8 Å². The fourth-order valence-electron chi connectivity index (χ4n) is 2.34. The number of hydrogen-bond donors (Lipinski definition) is 2. The number of fused-ring (bicyclic) bond motifs is 1. The quantitative estimate of drug-likeness (QED) is 0.827. The maximum Gasteiger partial charge on any atom is 0.238 e. The van der Waals surface area contributed by atoms with Crippen molar-refractivity contribution < 1.29 is 9.59 Å². The van der Waals surface area contributed by atoms with Crippen LogP contribution in [0.4, 0.5) is 11.4 Å². The smallest absolute Gasteiger partial charge is 0.238 e. The number of carbonyl (C=O) groups is 2. The molecule has 0 saturated heterocycles. The van der Waals surface area contributed by atoms with Crippen LogP contribution < -0.4 is 10.6 Å². The minimum atomic E-state index is -0.411. The van der Waals surface area contributed by atoms with E-state index >= 15 is 0 Å². The molecule has 0 saturated carbocycles. The van der Waals surface area contributed by atoms with E-state index in [4.69, 9.17) is 0 Å². The number of amides is 2. The van der Waals surface area contributed by atoms with Gasteiger partial charge >= 0.3 is 0 Å². The summed E-state index contributed by atoms with van der Waals surface area (Å²) in [4.78, 5) is 26.4. The molecule has 3 rings (SSSR count). The third-order valence-electron chi connectivity index (χ3n) is 3.46. The molecule has 0 fully saturated rings. The zero-order valence-electron chi connectivity index (χ0n) is 12.5. The Labute approximate surface area is 143 Å². The standard InChI is InChI=1S/C17H16N2O2S2/c1-22-13-8-4-2-6-11(13)18-16(20)10-15-17(21)19-12-7-3-5-9-14(12)23-15/h2-9,15H,10H2,1H3,(H,18,20)(H,19,21)/t15-/m0/s1. The number of benzene rings is 2. The summed E-state index contributed by atoms with van der Waals surface area (Å²) in [5.74, 6) is -0.277. The topological polar surface area (TPSA) is 58.2 Å². The summed E-state index contributed by atoms with van der Waals surface area (Å²) in [5.41, 5.74) is 1.60. The van der Waals surface area contributed by atoms with Crippen LogP contribution in [0.1, 0.15) is 6.42 Å². The zero-order chi connectivity index (χ0) is 16.2. The van der Waals surface area contributed by atoms with Gasteiger partial charge in [-0.3, -0.25) is 9.59 Å². The summed E-state index contributed by atoms with van der Waals surface area (Å²) in [7, 11) is 0. The molecule has 0 radical (unpaired) electrons. The molecule has 2 aromatic rings. The molecule has 0 spiro atoms. The zero-order valence-corrected chi connectivity index (χ0v) is 14.2. The Morgan fingerprint density at radius 2 is 1.96 bits per heavy atom. The predicted octanol–water partition coefficient (Wildman–Crippen LogP) is 3.85. The summed E-state index contributed by atoms with van der Waals surface area (Å²) in [6.45, 7) is 0. The number of hydrogen-bond acceptors (Lipinski definition) is 4. The van der Waals surface area contributed by atoms with Crippen LogP contribution in [0.15, 0.2) is 58.3 Å². The molecule has 0 aliphatic carbocycles. The van der Waals surface area contributed by atoms with Crippen molar-refractivity contribution in [2.24, 2.45) is 0 Å². The molecule has 1 aliphatic rings. The van der Waals surface area contributed by atoms with Crippen LogP contribution in [-0.2, 0) is 9.59 Å². The Hall–Kier alpha value is -1.92. The summed E-state index contributed by atoms with van der Waals surface area (Å²) >= 11 is 3.01. The third kappa shape index (κ3) is 3.71. The number of para-hydroxylation sites is 2. The van der Waals surface area contributed by atoms with Gasteiger partial charge in [-0.2, -0.15) is 0 Å². The highest BCUT2D eigenvalue weighted by atomic mass is 32.2. The van der Waals surface area contributed by atoms with Gasteiger partial charge in [0.05, 0.1) is 16.6 Å². The molecule has 2 amide bonds. The van der Waals surface area contributed by atoms with Crippen molar-refractivity contribution >= 4 is 46.7 Å². The second-order valence-corrected chi connectivity index (χ2v) is 7.14. The van der Waals surface area contributed by atoms with Gasteiger partial charge in [-0.1, -0.05) is 24.3 Å². The van der Waals surface area contributed by atoms with Crippen LogP contribution in [0.3, 0.4) is 0 Å². The van der Waals surface area contributed by atoms with E-state index in [1.165, 1.54) is 11.8 Å². The van der Waals surface area contributed by atoms with Crippen molar-refractivity contribution in [1.82, 2.24) is 0 Å².